The zero-order chi connectivity index (χ0) is 23.8. The van der Waals surface area contributed by atoms with E-state index in [2.05, 4.69) is 29.6 Å². The summed E-state index contributed by atoms with van der Waals surface area (Å²) in [5.41, 5.74) is 3.19. The molecule has 1 heterocycles. The summed E-state index contributed by atoms with van der Waals surface area (Å²) in [4.78, 5) is 0. The van der Waals surface area contributed by atoms with Crippen LogP contribution < -0.4 is 19.5 Å². The van der Waals surface area contributed by atoms with Crippen molar-refractivity contribution in [2.45, 2.75) is 51.0 Å². The van der Waals surface area contributed by atoms with E-state index in [1.807, 2.05) is 24.3 Å². The fourth-order valence-electron chi connectivity index (χ4n) is 4.55. The fourth-order valence-corrected chi connectivity index (χ4v) is 4.55. The van der Waals surface area contributed by atoms with Crippen molar-refractivity contribution in [3.05, 3.63) is 83.2 Å². The maximum atomic E-state index is 14.0. The molecule has 1 aliphatic rings. The Morgan fingerprint density at radius 2 is 1.53 bits per heavy atom. The maximum Gasteiger partial charge on any atom is 0.169 e. The van der Waals surface area contributed by atoms with Crippen molar-refractivity contribution in [1.29, 1.82) is 0 Å². The lowest BCUT2D eigenvalue weighted by Gasteiger charge is -2.21. The third-order valence-corrected chi connectivity index (χ3v) is 6.51. The number of ether oxygens (including phenoxy) is 3. The summed E-state index contributed by atoms with van der Waals surface area (Å²) in [6, 6.07) is 19.7. The highest BCUT2D eigenvalue weighted by molar-refractivity contribution is 5.50. The van der Waals surface area contributed by atoms with Gasteiger partial charge in [-0.15, -0.1) is 0 Å². The zero-order valence-corrected chi connectivity index (χ0v) is 20.1. The molecule has 5 heteroatoms. The molecule has 0 radical (unpaired) electrons. The van der Waals surface area contributed by atoms with E-state index in [1.54, 1.807) is 20.3 Å². The van der Waals surface area contributed by atoms with Crippen molar-refractivity contribution in [3.8, 4) is 23.0 Å². The number of hydrogen-bond donors (Lipinski definition) is 1. The SMILES string of the molecule is COc1ccc2cc1Oc1cc(ccc1OC)CCC(NCCc1ccccc1F)CCCC2. The van der Waals surface area contributed by atoms with Crippen LogP contribution in [0.2, 0.25) is 0 Å². The first kappa shape index (κ1) is 24.1. The third kappa shape index (κ3) is 6.29. The molecule has 0 fully saturated rings. The van der Waals surface area contributed by atoms with Gasteiger partial charge in [0.15, 0.2) is 23.0 Å². The Balaban J connectivity index is 1.50. The molecule has 1 atom stereocenters. The van der Waals surface area contributed by atoms with Crippen LogP contribution in [0.4, 0.5) is 4.39 Å². The minimum atomic E-state index is -0.125. The fraction of sp³-hybridized carbons (Fsp3) is 0.379. The van der Waals surface area contributed by atoms with Crippen LogP contribution in [-0.2, 0) is 19.3 Å². The van der Waals surface area contributed by atoms with Crippen LogP contribution >= 0.6 is 0 Å². The molecule has 1 unspecified atom stereocenters. The molecular weight excluding hydrogens is 429 g/mol. The van der Waals surface area contributed by atoms with E-state index >= 15 is 0 Å². The minimum Gasteiger partial charge on any atom is -0.493 e. The van der Waals surface area contributed by atoms with Gasteiger partial charge in [0.1, 0.15) is 5.82 Å². The molecule has 4 nitrogen and oxygen atoms in total. The average Bonchev–Trinajstić information content (AvgIpc) is 2.85. The van der Waals surface area contributed by atoms with E-state index in [0.717, 1.165) is 50.6 Å². The van der Waals surface area contributed by atoms with E-state index in [-0.39, 0.29) is 5.82 Å². The van der Waals surface area contributed by atoms with Crippen LogP contribution in [0.3, 0.4) is 0 Å². The van der Waals surface area contributed by atoms with Crippen LogP contribution in [0.15, 0.2) is 60.7 Å². The molecule has 3 aromatic carbocycles. The van der Waals surface area contributed by atoms with Crippen LogP contribution in [0.1, 0.15) is 42.4 Å². The van der Waals surface area contributed by atoms with Gasteiger partial charge >= 0.3 is 0 Å². The summed E-state index contributed by atoms with van der Waals surface area (Å²) in [5, 5.41) is 3.69. The van der Waals surface area contributed by atoms with E-state index in [9.17, 15) is 4.39 Å². The molecule has 0 aliphatic carbocycles. The number of halogens is 1. The van der Waals surface area contributed by atoms with Gasteiger partial charge in [0, 0.05) is 6.04 Å². The second-order valence-corrected chi connectivity index (χ2v) is 8.85. The first-order valence-electron chi connectivity index (χ1n) is 12.1. The average molecular weight is 464 g/mol. The lowest BCUT2D eigenvalue weighted by Crippen LogP contribution is -2.31. The van der Waals surface area contributed by atoms with E-state index in [4.69, 9.17) is 14.2 Å². The van der Waals surface area contributed by atoms with Gasteiger partial charge in [0.05, 0.1) is 14.2 Å². The molecule has 1 N–H and O–H groups in total. The Kier molecular flexibility index (Phi) is 8.42. The highest BCUT2D eigenvalue weighted by Crippen LogP contribution is 2.38. The first-order valence-corrected chi connectivity index (χ1v) is 12.1. The van der Waals surface area contributed by atoms with Crippen molar-refractivity contribution < 1.29 is 18.6 Å². The number of fused-ring (bicyclic) bond motifs is 4. The molecule has 3 aromatic rings. The van der Waals surface area contributed by atoms with Gasteiger partial charge in [0.2, 0.25) is 0 Å². The van der Waals surface area contributed by atoms with Crippen molar-refractivity contribution in [3.63, 3.8) is 0 Å². The second kappa shape index (κ2) is 11.9. The summed E-state index contributed by atoms with van der Waals surface area (Å²) in [7, 11) is 3.32. The molecule has 4 bridgehead atoms. The Morgan fingerprint density at radius 3 is 2.21 bits per heavy atom. The van der Waals surface area contributed by atoms with Gasteiger partial charge in [0.25, 0.3) is 0 Å². The lowest BCUT2D eigenvalue weighted by atomic mass is 9.98. The molecule has 0 saturated heterocycles. The number of benzene rings is 3. The minimum absolute atomic E-state index is 0.125. The molecule has 0 amide bonds. The smallest absolute Gasteiger partial charge is 0.169 e. The quantitative estimate of drug-likeness (QED) is 0.453. The topological polar surface area (TPSA) is 39.7 Å². The largest absolute Gasteiger partial charge is 0.493 e. The summed E-state index contributed by atoms with van der Waals surface area (Å²) in [6.07, 6.45) is 6.95. The molecule has 34 heavy (non-hydrogen) atoms. The van der Waals surface area contributed by atoms with Gasteiger partial charge in [-0.3, -0.25) is 0 Å². The third-order valence-electron chi connectivity index (χ3n) is 6.51. The summed E-state index contributed by atoms with van der Waals surface area (Å²) < 4.78 is 31.4. The Bertz CT molecular complexity index is 1080. The number of nitrogens with one attached hydrogen (secondary N) is 1. The molecule has 180 valence electrons. The number of rotatable bonds is 6. The van der Waals surface area contributed by atoms with Gasteiger partial charge in [-0.05, 0) is 92.1 Å². The zero-order valence-electron chi connectivity index (χ0n) is 20.1. The van der Waals surface area contributed by atoms with Gasteiger partial charge in [-0.25, -0.2) is 4.39 Å². The van der Waals surface area contributed by atoms with Crippen LogP contribution in [0, 0.1) is 5.82 Å². The van der Waals surface area contributed by atoms with Crippen molar-refractivity contribution in [2.75, 3.05) is 20.8 Å². The molecular formula is C29H34FNO3. The summed E-state index contributed by atoms with van der Waals surface area (Å²) in [5.74, 6) is 2.68. The van der Waals surface area contributed by atoms with Gasteiger partial charge in [-0.2, -0.15) is 0 Å². The standard InChI is InChI=1S/C29H34FNO3/c1-32-26-15-12-21-7-3-5-9-24(31-18-17-23-8-4-6-10-25(23)30)14-11-22-13-16-27(33-2)29(20-22)34-28(26)19-21/h4,6,8,10,12-13,15-16,19-20,24,31H,3,5,7,9,11,14,17-18H2,1-2H3. The molecule has 0 spiro atoms. The van der Waals surface area contributed by atoms with Gasteiger partial charge in [-0.1, -0.05) is 36.8 Å². The predicted molar refractivity (Wildman–Crippen MR) is 134 cm³/mol. The molecule has 1 aliphatic heterocycles. The Labute approximate surface area is 202 Å². The molecule has 0 aromatic heterocycles. The number of methoxy groups -OCH3 is 2. The van der Waals surface area contributed by atoms with Crippen LogP contribution in [0.5, 0.6) is 23.0 Å². The number of hydrogen-bond acceptors (Lipinski definition) is 4. The van der Waals surface area contributed by atoms with E-state index < -0.39 is 0 Å². The monoisotopic (exact) mass is 463 g/mol. The highest BCUT2D eigenvalue weighted by atomic mass is 19.1. The second-order valence-electron chi connectivity index (χ2n) is 8.85. The molecule has 0 saturated carbocycles. The first-order chi connectivity index (χ1) is 16.7. The Morgan fingerprint density at radius 1 is 0.853 bits per heavy atom. The Hall–Kier alpha value is -3.05. The highest BCUT2D eigenvalue weighted by Gasteiger charge is 2.15. The summed E-state index contributed by atoms with van der Waals surface area (Å²) >= 11 is 0. The maximum absolute atomic E-state index is 14.0. The van der Waals surface area contributed by atoms with E-state index in [0.29, 0.717) is 35.5 Å². The number of aryl methyl sites for hydroxylation is 2. The normalized spacial score (nSPS) is 16.3. The lowest BCUT2D eigenvalue weighted by molar-refractivity contribution is 0.355. The van der Waals surface area contributed by atoms with E-state index in [1.165, 1.54) is 17.2 Å². The van der Waals surface area contributed by atoms with Gasteiger partial charge < -0.3 is 19.5 Å². The van der Waals surface area contributed by atoms with Crippen molar-refractivity contribution in [1.82, 2.24) is 5.32 Å². The molecule has 4 rings (SSSR count). The van der Waals surface area contributed by atoms with Crippen molar-refractivity contribution in [2.24, 2.45) is 0 Å². The predicted octanol–water partition coefficient (Wildman–Crippen LogP) is 6.50. The van der Waals surface area contributed by atoms with Crippen LogP contribution in [0.25, 0.3) is 0 Å². The van der Waals surface area contributed by atoms with Crippen molar-refractivity contribution >= 4 is 0 Å². The van der Waals surface area contributed by atoms with Crippen LogP contribution in [-0.4, -0.2) is 26.8 Å². The summed E-state index contributed by atoms with van der Waals surface area (Å²) in [6.45, 7) is 0.768.